The molecule has 3 rings (SSSR count). The van der Waals surface area contributed by atoms with E-state index in [1.807, 2.05) is 32.0 Å². The first kappa shape index (κ1) is 22.3. The zero-order valence-corrected chi connectivity index (χ0v) is 18.6. The highest BCUT2D eigenvalue weighted by Crippen LogP contribution is 2.27. The van der Waals surface area contributed by atoms with E-state index in [-0.39, 0.29) is 17.9 Å². The number of hydrogen-bond acceptors (Lipinski definition) is 4. The van der Waals surface area contributed by atoms with Crippen LogP contribution in [0.15, 0.2) is 53.4 Å². The third kappa shape index (κ3) is 4.84. The van der Waals surface area contributed by atoms with Crippen LogP contribution in [-0.2, 0) is 14.8 Å². The minimum absolute atomic E-state index is 0.00733. The molecule has 0 bridgehead atoms. The van der Waals surface area contributed by atoms with Crippen molar-refractivity contribution in [3.05, 3.63) is 59.7 Å². The first-order chi connectivity index (χ1) is 14.4. The van der Waals surface area contributed by atoms with E-state index in [1.54, 1.807) is 37.4 Å². The third-order valence-corrected chi connectivity index (χ3v) is 7.66. The second kappa shape index (κ2) is 9.62. The molecule has 0 aromatic heterocycles. The van der Waals surface area contributed by atoms with Crippen molar-refractivity contribution in [1.29, 1.82) is 0 Å². The highest BCUT2D eigenvalue weighted by molar-refractivity contribution is 7.89. The number of sulfonamides is 1. The number of rotatable bonds is 7. The fraction of sp³-hybridized carbons (Fsp3) is 0.435. The van der Waals surface area contributed by atoms with Gasteiger partial charge in [0, 0.05) is 19.0 Å². The van der Waals surface area contributed by atoms with E-state index in [0.29, 0.717) is 30.8 Å². The van der Waals surface area contributed by atoms with Gasteiger partial charge in [0.1, 0.15) is 5.75 Å². The molecule has 2 aromatic rings. The lowest BCUT2D eigenvalue weighted by atomic mass is 9.95. The first-order valence-electron chi connectivity index (χ1n) is 10.4. The summed E-state index contributed by atoms with van der Waals surface area (Å²) in [5.74, 6) is 0.639. The Morgan fingerprint density at radius 1 is 1.17 bits per heavy atom. The minimum Gasteiger partial charge on any atom is -0.496 e. The highest BCUT2D eigenvalue weighted by Gasteiger charge is 2.32. The van der Waals surface area contributed by atoms with E-state index in [9.17, 15) is 13.2 Å². The first-order valence-corrected chi connectivity index (χ1v) is 11.8. The average Bonchev–Trinajstić information content (AvgIpc) is 2.78. The molecule has 1 fully saturated rings. The molecule has 1 N–H and O–H groups in total. The van der Waals surface area contributed by atoms with Crippen molar-refractivity contribution >= 4 is 15.9 Å². The molecule has 1 aliphatic heterocycles. The second-order valence-corrected chi connectivity index (χ2v) is 9.63. The van der Waals surface area contributed by atoms with Gasteiger partial charge in [0.25, 0.3) is 0 Å². The summed E-state index contributed by atoms with van der Waals surface area (Å²) in [5.41, 5.74) is 2.08. The van der Waals surface area contributed by atoms with Gasteiger partial charge in [-0.25, -0.2) is 8.42 Å². The van der Waals surface area contributed by atoms with Gasteiger partial charge in [-0.1, -0.05) is 37.3 Å². The molecule has 0 saturated carbocycles. The maximum Gasteiger partial charge on any atom is 0.243 e. The largest absolute Gasteiger partial charge is 0.496 e. The van der Waals surface area contributed by atoms with E-state index in [4.69, 9.17) is 4.74 Å². The quantitative estimate of drug-likeness (QED) is 0.727. The molecule has 1 aliphatic rings. The van der Waals surface area contributed by atoms with Crippen LogP contribution in [0.3, 0.4) is 0 Å². The fourth-order valence-electron chi connectivity index (χ4n) is 3.93. The Bertz CT molecular complexity index is 968. The SMILES string of the molecule is CCC(NC(=O)C1CCN(S(=O)(=O)c2ccccc2)CC1)c1ccc(OC)c(C)c1. The number of piperidine rings is 1. The molecule has 1 atom stereocenters. The van der Waals surface area contributed by atoms with Gasteiger partial charge in [-0.2, -0.15) is 4.31 Å². The number of hydrogen-bond donors (Lipinski definition) is 1. The summed E-state index contributed by atoms with van der Waals surface area (Å²) in [6.45, 7) is 4.74. The molecule has 30 heavy (non-hydrogen) atoms. The topological polar surface area (TPSA) is 75.7 Å². The predicted octanol–water partition coefficient (Wildman–Crippen LogP) is 3.67. The third-order valence-electron chi connectivity index (χ3n) is 5.75. The highest BCUT2D eigenvalue weighted by atomic mass is 32.2. The lowest BCUT2D eigenvalue weighted by Crippen LogP contribution is -2.43. The number of amides is 1. The molecule has 162 valence electrons. The number of nitrogens with zero attached hydrogens (tertiary/aromatic N) is 1. The minimum atomic E-state index is -3.50. The predicted molar refractivity (Wildman–Crippen MR) is 117 cm³/mol. The number of carbonyl (C=O) groups excluding carboxylic acids is 1. The molecule has 1 saturated heterocycles. The lowest BCUT2D eigenvalue weighted by molar-refractivity contribution is -0.126. The molecule has 1 unspecified atom stereocenters. The maximum absolute atomic E-state index is 12.9. The molecule has 6 nitrogen and oxygen atoms in total. The van der Waals surface area contributed by atoms with Crippen LogP contribution in [0.4, 0.5) is 0 Å². The van der Waals surface area contributed by atoms with Gasteiger partial charge in [0.05, 0.1) is 18.0 Å². The van der Waals surface area contributed by atoms with Gasteiger partial charge in [-0.3, -0.25) is 4.79 Å². The number of carbonyl (C=O) groups is 1. The van der Waals surface area contributed by atoms with Crippen molar-refractivity contribution in [3.8, 4) is 5.75 Å². The van der Waals surface area contributed by atoms with Crippen molar-refractivity contribution in [2.75, 3.05) is 20.2 Å². The van der Waals surface area contributed by atoms with E-state index >= 15 is 0 Å². The van der Waals surface area contributed by atoms with E-state index < -0.39 is 10.0 Å². The van der Waals surface area contributed by atoms with Crippen LogP contribution in [0.1, 0.15) is 43.4 Å². The Morgan fingerprint density at radius 3 is 2.40 bits per heavy atom. The Labute approximate surface area is 179 Å². The summed E-state index contributed by atoms with van der Waals surface area (Å²) in [6.07, 6.45) is 1.82. The van der Waals surface area contributed by atoms with Crippen molar-refractivity contribution in [2.24, 2.45) is 5.92 Å². The van der Waals surface area contributed by atoms with Crippen LogP contribution in [-0.4, -0.2) is 38.8 Å². The Hall–Kier alpha value is -2.38. The summed E-state index contributed by atoms with van der Waals surface area (Å²) in [5, 5.41) is 3.15. The van der Waals surface area contributed by atoms with Crippen molar-refractivity contribution < 1.29 is 17.9 Å². The number of aryl methyl sites for hydroxylation is 1. The van der Waals surface area contributed by atoms with Crippen LogP contribution in [0.2, 0.25) is 0 Å². The molecule has 2 aromatic carbocycles. The monoisotopic (exact) mass is 430 g/mol. The zero-order valence-electron chi connectivity index (χ0n) is 17.8. The van der Waals surface area contributed by atoms with Crippen LogP contribution >= 0.6 is 0 Å². The lowest BCUT2D eigenvalue weighted by Gasteiger charge is -2.31. The van der Waals surface area contributed by atoms with Gasteiger partial charge in [0.2, 0.25) is 15.9 Å². The van der Waals surface area contributed by atoms with Crippen LogP contribution < -0.4 is 10.1 Å². The fourth-order valence-corrected chi connectivity index (χ4v) is 5.42. The average molecular weight is 431 g/mol. The van der Waals surface area contributed by atoms with E-state index in [0.717, 1.165) is 23.3 Å². The molecule has 0 radical (unpaired) electrons. The van der Waals surface area contributed by atoms with Gasteiger partial charge >= 0.3 is 0 Å². The number of methoxy groups -OCH3 is 1. The number of benzene rings is 2. The Balaban J connectivity index is 1.61. The molecular weight excluding hydrogens is 400 g/mol. The molecule has 7 heteroatoms. The summed E-state index contributed by atoms with van der Waals surface area (Å²) in [6, 6.07) is 14.3. The van der Waals surface area contributed by atoms with Gasteiger partial charge in [-0.15, -0.1) is 0 Å². The summed E-state index contributed by atoms with van der Waals surface area (Å²) >= 11 is 0. The van der Waals surface area contributed by atoms with Crippen molar-refractivity contribution in [2.45, 2.75) is 44.0 Å². The van der Waals surface area contributed by atoms with Crippen molar-refractivity contribution in [3.63, 3.8) is 0 Å². The van der Waals surface area contributed by atoms with Gasteiger partial charge in [0.15, 0.2) is 0 Å². The summed E-state index contributed by atoms with van der Waals surface area (Å²) in [4.78, 5) is 13.2. The Kier molecular flexibility index (Phi) is 7.15. The van der Waals surface area contributed by atoms with E-state index in [2.05, 4.69) is 5.32 Å². The van der Waals surface area contributed by atoms with Gasteiger partial charge in [-0.05, 0) is 55.5 Å². The molecule has 1 heterocycles. The maximum atomic E-state index is 12.9. The molecule has 1 amide bonds. The number of nitrogens with one attached hydrogen (secondary N) is 1. The van der Waals surface area contributed by atoms with Crippen LogP contribution in [0.25, 0.3) is 0 Å². The normalized spacial score (nSPS) is 16.8. The standard InChI is InChI=1S/C23H30N2O4S/c1-4-21(19-10-11-22(29-3)17(2)16-19)24-23(26)18-12-14-25(15-13-18)30(27,28)20-8-6-5-7-9-20/h5-11,16,18,21H,4,12-15H2,1-3H3,(H,24,26). The van der Waals surface area contributed by atoms with Crippen molar-refractivity contribution in [1.82, 2.24) is 9.62 Å². The summed E-state index contributed by atoms with van der Waals surface area (Å²) in [7, 11) is -1.86. The molecule has 0 spiro atoms. The van der Waals surface area contributed by atoms with Crippen LogP contribution in [0, 0.1) is 12.8 Å². The second-order valence-electron chi connectivity index (χ2n) is 7.69. The Morgan fingerprint density at radius 2 is 1.83 bits per heavy atom. The molecular formula is C23H30N2O4S. The van der Waals surface area contributed by atoms with Gasteiger partial charge < -0.3 is 10.1 Å². The smallest absolute Gasteiger partial charge is 0.243 e. The zero-order chi connectivity index (χ0) is 21.7. The van der Waals surface area contributed by atoms with Crippen LogP contribution in [0.5, 0.6) is 5.75 Å². The molecule has 0 aliphatic carbocycles. The summed E-state index contributed by atoms with van der Waals surface area (Å²) < 4.78 is 32.3. The van der Waals surface area contributed by atoms with E-state index in [1.165, 1.54) is 4.31 Å². The number of ether oxygens (including phenoxy) is 1.